The minimum atomic E-state index is -0.586. The number of hydrogen-bond acceptors (Lipinski definition) is 5. The number of fused-ring (bicyclic) bond motifs is 1. The number of esters is 1. The first-order chi connectivity index (χ1) is 14.1. The van der Waals surface area contributed by atoms with Gasteiger partial charge in [0.25, 0.3) is 5.91 Å². The molecule has 1 N–H and O–H groups in total. The van der Waals surface area contributed by atoms with Crippen LogP contribution in [0.15, 0.2) is 47.1 Å². The molecule has 0 fully saturated rings. The van der Waals surface area contributed by atoms with E-state index >= 15 is 0 Å². The van der Waals surface area contributed by atoms with E-state index in [9.17, 15) is 14.4 Å². The summed E-state index contributed by atoms with van der Waals surface area (Å²) in [6, 6.07) is 10.5. The third kappa shape index (κ3) is 5.25. The Morgan fingerprint density at radius 3 is 2.62 bits per heavy atom. The van der Waals surface area contributed by atoms with Gasteiger partial charge in [0.15, 0.2) is 5.76 Å². The molecule has 29 heavy (non-hydrogen) atoms. The van der Waals surface area contributed by atoms with Crippen molar-refractivity contribution in [2.75, 3.05) is 13.7 Å². The van der Waals surface area contributed by atoms with Crippen molar-refractivity contribution >= 4 is 17.8 Å². The van der Waals surface area contributed by atoms with Crippen molar-refractivity contribution in [1.29, 1.82) is 0 Å². The summed E-state index contributed by atoms with van der Waals surface area (Å²) in [7, 11) is 1.38. The molecule has 3 rings (SSSR count). The van der Waals surface area contributed by atoms with Crippen LogP contribution in [-0.4, -0.2) is 42.4 Å². The van der Waals surface area contributed by atoms with E-state index in [1.807, 2.05) is 24.3 Å². The Hall–Kier alpha value is -3.09. The van der Waals surface area contributed by atoms with E-state index in [0.717, 1.165) is 30.4 Å². The number of amides is 2. The molecule has 0 saturated heterocycles. The summed E-state index contributed by atoms with van der Waals surface area (Å²) in [5, 5.41) is 2.94. The van der Waals surface area contributed by atoms with Gasteiger partial charge in [-0.15, -0.1) is 0 Å². The summed E-state index contributed by atoms with van der Waals surface area (Å²) in [6.07, 6.45) is 4.61. The lowest BCUT2D eigenvalue weighted by molar-refractivity contribution is -0.140. The number of benzene rings is 1. The van der Waals surface area contributed by atoms with Crippen LogP contribution in [0.1, 0.15) is 47.4 Å². The number of nitrogens with zero attached hydrogens (tertiary/aromatic N) is 1. The van der Waals surface area contributed by atoms with Crippen molar-refractivity contribution in [2.45, 2.75) is 44.7 Å². The van der Waals surface area contributed by atoms with Gasteiger partial charge in [-0.1, -0.05) is 30.7 Å². The average molecular weight is 398 g/mol. The maximum Gasteiger partial charge on any atom is 0.305 e. The van der Waals surface area contributed by atoms with E-state index in [1.54, 1.807) is 17.0 Å². The van der Waals surface area contributed by atoms with Gasteiger partial charge in [0.05, 0.1) is 13.4 Å². The maximum atomic E-state index is 12.9. The molecule has 0 radical (unpaired) electrons. The predicted molar refractivity (Wildman–Crippen MR) is 106 cm³/mol. The van der Waals surface area contributed by atoms with Crippen LogP contribution in [0.2, 0.25) is 0 Å². The molecule has 2 aromatic rings. The number of furan rings is 1. The summed E-state index contributed by atoms with van der Waals surface area (Å²) in [5.41, 5.74) is 2.12. The van der Waals surface area contributed by atoms with Gasteiger partial charge in [-0.3, -0.25) is 14.4 Å². The SMILES string of the molecule is COC(=O)CCCCCNC(=O)C1Cc2ccccc2CN1C(=O)c1ccco1. The number of methoxy groups -OCH3 is 1. The minimum absolute atomic E-state index is 0.174. The molecular formula is C22H26N2O5. The number of carbonyl (C=O) groups is 3. The number of ether oxygens (including phenoxy) is 1. The number of carbonyl (C=O) groups excluding carboxylic acids is 3. The second kappa shape index (κ2) is 9.91. The van der Waals surface area contributed by atoms with E-state index in [-0.39, 0.29) is 23.5 Å². The van der Waals surface area contributed by atoms with E-state index in [1.165, 1.54) is 13.4 Å². The lowest BCUT2D eigenvalue weighted by Crippen LogP contribution is -2.52. The molecule has 2 heterocycles. The van der Waals surface area contributed by atoms with Crippen LogP contribution < -0.4 is 5.32 Å². The molecule has 1 atom stereocenters. The van der Waals surface area contributed by atoms with Crippen molar-refractivity contribution < 1.29 is 23.5 Å². The zero-order valence-corrected chi connectivity index (χ0v) is 16.6. The van der Waals surface area contributed by atoms with Gasteiger partial charge in [-0.05, 0) is 36.1 Å². The second-order valence-corrected chi connectivity index (χ2v) is 7.08. The van der Waals surface area contributed by atoms with Gasteiger partial charge >= 0.3 is 5.97 Å². The topological polar surface area (TPSA) is 88.9 Å². The lowest BCUT2D eigenvalue weighted by atomic mass is 9.93. The highest BCUT2D eigenvalue weighted by molar-refractivity contribution is 5.96. The molecule has 2 amide bonds. The lowest BCUT2D eigenvalue weighted by Gasteiger charge is -2.35. The Labute approximate surface area is 170 Å². The molecule has 0 saturated carbocycles. The van der Waals surface area contributed by atoms with Gasteiger partial charge in [0.1, 0.15) is 6.04 Å². The maximum absolute atomic E-state index is 12.9. The molecule has 1 unspecified atom stereocenters. The Balaban J connectivity index is 1.60. The molecule has 1 aromatic heterocycles. The van der Waals surface area contributed by atoms with Crippen LogP contribution in [0.4, 0.5) is 0 Å². The molecule has 1 aliphatic heterocycles. The molecule has 0 spiro atoms. The third-order valence-corrected chi connectivity index (χ3v) is 5.13. The fourth-order valence-corrected chi connectivity index (χ4v) is 3.52. The Bertz CT molecular complexity index is 847. The standard InChI is InChI=1S/C22H26N2O5/c1-28-20(25)11-3-2-6-12-23-21(26)18-14-16-8-4-5-9-17(16)15-24(18)22(27)19-10-7-13-29-19/h4-5,7-10,13,18H,2-3,6,11-12,14-15H2,1H3,(H,23,26). The fraction of sp³-hybridized carbons (Fsp3) is 0.409. The fourth-order valence-electron chi connectivity index (χ4n) is 3.52. The number of rotatable bonds is 8. The smallest absolute Gasteiger partial charge is 0.305 e. The number of hydrogen-bond donors (Lipinski definition) is 1. The average Bonchev–Trinajstić information content (AvgIpc) is 3.29. The van der Waals surface area contributed by atoms with Crippen LogP contribution >= 0.6 is 0 Å². The second-order valence-electron chi connectivity index (χ2n) is 7.08. The van der Waals surface area contributed by atoms with E-state index in [2.05, 4.69) is 10.1 Å². The highest BCUT2D eigenvalue weighted by Crippen LogP contribution is 2.25. The normalized spacial score (nSPS) is 15.5. The first-order valence-corrected chi connectivity index (χ1v) is 9.86. The van der Waals surface area contributed by atoms with Crippen molar-refractivity contribution in [2.24, 2.45) is 0 Å². The van der Waals surface area contributed by atoms with Crippen LogP contribution in [0.3, 0.4) is 0 Å². The highest BCUT2D eigenvalue weighted by Gasteiger charge is 2.35. The Morgan fingerprint density at radius 1 is 1.10 bits per heavy atom. The van der Waals surface area contributed by atoms with E-state index in [0.29, 0.717) is 25.9 Å². The minimum Gasteiger partial charge on any atom is -0.469 e. The zero-order valence-electron chi connectivity index (χ0n) is 16.6. The Kier molecular flexibility index (Phi) is 7.05. The molecule has 1 aliphatic rings. The monoisotopic (exact) mass is 398 g/mol. The van der Waals surface area contributed by atoms with E-state index < -0.39 is 6.04 Å². The first-order valence-electron chi connectivity index (χ1n) is 9.86. The molecular weight excluding hydrogens is 372 g/mol. The summed E-state index contributed by atoms with van der Waals surface area (Å²) < 4.78 is 9.87. The van der Waals surface area contributed by atoms with E-state index in [4.69, 9.17) is 4.42 Å². The van der Waals surface area contributed by atoms with Crippen molar-refractivity contribution in [3.8, 4) is 0 Å². The predicted octanol–water partition coefficient (Wildman–Crippen LogP) is 2.70. The van der Waals surface area contributed by atoms with Crippen molar-refractivity contribution in [3.05, 3.63) is 59.5 Å². The largest absolute Gasteiger partial charge is 0.469 e. The quantitative estimate of drug-likeness (QED) is 0.546. The third-order valence-electron chi connectivity index (χ3n) is 5.13. The van der Waals surface area contributed by atoms with Gasteiger partial charge in [0, 0.05) is 25.9 Å². The van der Waals surface area contributed by atoms with Gasteiger partial charge in [-0.2, -0.15) is 0 Å². The summed E-state index contributed by atoms with van der Waals surface area (Å²) in [4.78, 5) is 38.5. The number of nitrogens with one attached hydrogen (secondary N) is 1. The summed E-state index contributed by atoms with van der Waals surface area (Å²) >= 11 is 0. The number of unbranched alkanes of at least 4 members (excludes halogenated alkanes) is 2. The first kappa shape index (κ1) is 20.6. The van der Waals surface area contributed by atoms with Crippen molar-refractivity contribution in [1.82, 2.24) is 10.2 Å². The molecule has 0 bridgehead atoms. The van der Waals surface area contributed by atoms with Crippen LogP contribution in [0, 0.1) is 0 Å². The van der Waals surface area contributed by atoms with Crippen LogP contribution in [0.25, 0.3) is 0 Å². The Morgan fingerprint density at radius 2 is 1.90 bits per heavy atom. The van der Waals surface area contributed by atoms with Gasteiger partial charge in [-0.25, -0.2) is 0 Å². The van der Waals surface area contributed by atoms with Crippen molar-refractivity contribution in [3.63, 3.8) is 0 Å². The summed E-state index contributed by atoms with van der Waals surface area (Å²) in [6.45, 7) is 0.869. The van der Waals surface area contributed by atoms with Gasteiger partial charge in [0.2, 0.25) is 5.91 Å². The zero-order chi connectivity index (χ0) is 20.6. The molecule has 0 aliphatic carbocycles. The molecule has 154 valence electrons. The van der Waals surface area contributed by atoms with Gasteiger partial charge < -0.3 is 19.4 Å². The van der Waals surface area contributed by atoms with Crippen LogP contribution in [-0.2, 0) is 27.3 Å². The van der Waals surface area contributed by atoms with Crippen LogP contribution in [0.5, 0.6) is 0 Å². The summed E-state index contributed by atoms with van der Waals surface area (Å²) in [5.74, 6) is -0.456. The molecule has 1 aromatic carbocycles. The molecule has 7 heteroatoms. The molecule has 7 nitrogen and oxygen atoms in total. The highest BCUT2D eigenvalue weighted by atomic mass is 16.5.